The molecular formula is C15H15N3O4S2. The van der Waals surface area contributed by atoms with Gasteiger partial charge in [0.05, 0.1) is 29.5 Å². The number of hydrogen-bond acceptors (Lipinski definition) is 9. The number of esters is 1. The highest BCUT2D eigenvalue weighted by Gasteiger charge is 2.19. The lowest BCUT2D eigenvalue weighted by atomic mass is 10.3. The number of nitrogens with zero attached hydrogens (tertiary/aromatic N) is 3. The molecule has 0 aromatic carbocycles. The zero-order chi connectivity index (χ0) is 17.1. The van der Waals surface area contributed by atoms with Crippen LogP contribution in [-0.4, -0.2) is 28.3 Å². The summed E-state index contributed by atoms with van der Waals surface area (Å²) in [5.74, 6) is 0.821. The van der Waals surface area contributed by atoms with Crippen LogP contribution in [0, 0.1) is 6.92 Å². The van der Waals surface area contributed by atoms with Gasteiger partial charge in [0.1, 0.15) is 5.76 Å². The molecule has 0 aliphatic heterocycles. The molecule has 0 spiro atoms. The van der Waals surface area contributed by atoms with Gasteiger partial charge in [0.15, 0.2) is 0 Å². The van der Waals surface area contributed by atoms with E-state index in [0.29, 0.717) is 23.3 Å². The van der Waals surface area contributed by atoms with Gasteiger partial charge in [-0.2, -0.15) is 0 Å². The summed E-state index contributed by atoms with van der Waals surface area (Å²) in [6.45, 7) is 3.88. The molecule has 0 saturated heterocycles. The third-order valence-electron chi connectivity index (χ3n) is 3.14. The van der Waals surface area contributed by atoms with E-state index in [1.165, 1.54) is 18.9 Å². The highest BCUT2D eigenvalue weighted by atomic mass is 32.2. The standard InChI is InChI=1S/C15H15N3O4S2/c1-8(11-4-5-12(21-11)14(19)20-3)24-15-18-17-13(22-15)6-10-7-23-9(2)16-10/h4-5,7-8H,6H2,1-3H3. The van der Waals surface area contributed by atoms with Crippen molar-refractivity contribution >= 4 is 29.1 Å². The molecule has 0 aliphatic rings. The minimum absolute atomic E-state index is 0.0850. The number of hydrogen-bond donors (Lipinski definition) is 0. The second-order valence-electron chi connectivity index (χ2n) is 4.95. The molecule has 7 nitrogen and oxygen atoms in total. The first kappa shape index (κ1) is 16.7. The van der Waals surface area contributed by atoms with E-state index in [1.807, 2.05) is 19.2 Å². The van der Waals surface area contributed by atoms with Crippen molar-refractivity contribution in [2.24, 2.45) is 0 Å². The summed E-state index contributed by atoms with van der Waals surface area (Å²) in [5, 5.41) is 11.4. The predicted octanol–water partition coefficient (Wildman–Crippen LogP) is 3.66. The van der Waals surface area contributed by atoms with Gasteiger partial charge in [0.25, 0.3) is 5.22 Å². The molecular weight excluding hydrogens is 350 g/mol. The van der Waals surface area contributed by atoms with Crippen LogP contribution < -0.4 is 0 Å². The average molecular weight is 365 g/mol. The maximum Gasteiger partial charge on any atom is 0.373 e. The second-order valence-corrected chi connectivity index (χ2v) is 7.30. The summed E-state index contributed by atoms with van der Waals surface area (Å²) in [6.07, 6.45) is 0.513. The van der Waals surface area contributed by atoms with E-state index in [1.54, 1.807) is 23.5 Å². The number of carbonyl (C=O) groups excluding carboxylic acids is 1. The highest BCUT2D eigenvalue weighted by molar-refractivity contribution is 7.99. The summed E-state index contributed by atoms with van der Waals surface area (Å²) in [5.41, 5.74) is 0.916. The van der Waals surface area contributed by atoms with Gasteiger partial charge >= 0.3 is 5.97 Å². The first-order chi connectivity index (χ1) is 11.5. The molecule has 1 atom stereocenters. The first-order valence-electron chi connectivity index (χ1n) is 7.13. The van der Waals surface area contributed by atoms with Crippen LogP contribution in [0.3, 0.4) is 0 Å². The van der Waals surface area contributed by atoms with E-state index in [-0.39, 0.29) is 11.0 Å². The molecule has 0 aliphatic carbocycles. The Morgan fingerprint density at radius 3 is 2.92 bits per heavy atom. The summed E-state index contributed by atoms with van der Waals surface area (Å²) >= 11 is 2.95. The quantitative estimate of drug-likeness (QED) is 0.483. The molecule has 0 bridgehead atoms. The van der Waals surface area contributed by atoms with Crippen LogP contribution in [0.1, 0.15) is 45.1 Å². The molecule has 3 rings (SSSR count). The summed E-state index contributed by atoms with van der Waals surface area (Å²) in [7, 11) is 1.31. The Balaban J connectivity index is 1.63. The number of methoxy groups -OCH3 is 1. The van der Waals surface area contributed by atoms with Crippen molar-refractivity contribution in [3.05, 3.63) is 45.6 Å². The van der Waals surface area contributed by atoms with E-state index in [9.17, 15) is 4.79 Å². The Hall–Kier alpha value is -2.13. The van der Waals surface area contributed by atoms with Gasteiger partial charge in [0, 0.05) is 5.38 Å². The lowest BCUT2D eigenvalue weighted by Gasteiger charge is -2.04. The number of thioether (sulfide) groups is 1. The lowest BCUT2D eigenvalue weighted by Crippen LogP contribution is -1.98. The van der Waals surface area contributed by atoms with E-state index in [0.717, 1.165) is 10.7 Å². The minimum Gasteiger partial charge on any atom is -0.463 e. The van der Waals surface area contributed by atoms with Gasteiger partial charge < -0.3 is 13.6 Å². The smallest absolute Gasteiger partial charge is 0.373 e. The Morgan fingerprint density at radius 1 is 1.38 bits per heavy atom. The number of ether oxygens (including phenoxy) is 1. The normalized spacial score (nSPS) is 12.3. The second kappa shape index (κ2) is 7.18. The van der Waals surface area contributed by atoms with Crippen LogP contribution in [0.4, 0.5) is 0 Å². The monoisotopic (exact) mass is 365 g/mol. The van der Waals surface area contributed by atoms with E-state index < -0.39 is 5.97 Å². The Bertz CT molecular complexity index is 839. The summed E-state index contributed by atoms with van der Waals surface area (Å²) in [6, 6.07) is 3.32. The number of thiazole rings is 1. The van der Waals surface area contributed by atoms with Gasteiger partial charge in [-0.15, -0.1) is 21.5 Å². The van der Waals surface area contributed by atoms with Crippen LogP contribution in [0.25, 0.3) is 0 Å². The van der Waals surface area contributed by atoms with Crippen molar-refractivity contribution in [2.45, 2.75) is 30.7 Å². The van der Waals surface area contributed by atoms with Crippen molar-refractivity contribution in [3.63, 3.8) is 0 Å². The predicted molar refractivity (Wildman–Crippen MR) is 88.3 cm³/mol. The van der Waals surface area contributed by atoms with Crippen molar-refractivity contribution in [1.82, 2.24) is 15.2 Å². The fraction of sp³-hybridized carbons (Fsp3) is 0.333. The van der Waals surface area contributed by atoms with E-state index in [2.05, 4.69) is 19.9 Å². The van der Waals surface area contributed by atoms with Gasteiger partial charge in [-0.05, 0) is 26.0 Å². The van der Waals surface area contributed by atoms with Gasteiger partial charge in [-0.3, -0.25) is 0 Å². The van der Waals surface area contributed by atoms with Crippen molar-refractivity contribution < 1.29 is 18.4 Å². The first-order valence-corrected chi connectivity index (χ1v) is 8.89. The van der Waals surface area contributed by atoms with Gasteiger partial charge in [-0.1, -0.05) is 11.8 Å². The van der Waals surface area contributed by atoms with E-state index >= 15 is 0 Å². The van der Waals surface area contributed by atoms with Crippen molar-refractivity contribution in [1.29, 1.82) is 0 Å². The fourth-order valence-electron chi connectivity index (χ4n) is 1.99. The topological polar surface area (TPSA) is 91.2 Å². The number of rotatable bonds is 6. The Kier molecular flexibility index (Phi) is 5.00. The van der Waals surface area contributed by atoms with Crippen molar-refractivity contribution in [3.8, 4) is 0 Å². The molecule has 1 unspecified atom stereocenters. The molecule has 0 N–H and O–H groups in total. The van der Waals surface area contributed by atoms with Crippen molar-refractivity contribution in [2.75, 3.05) is 7.11 Å². The zero-order valence-corrected chi connectivity index (χ0v) is 14.9. The molecule has 0 fully saturated rings. The zero-order valence-electron chi connectivity index (χ0n) is 13.3. The van der Waals surface area contributed by atoms with Crippen LogP contribution in [0.15, 0.2) is 31.6 Å². The molecule has 3 aromatic rings. The van der Waals surface area contributed by atoms with Gasteiger partial charge in [-0.25, -0.2) is 9.78 Å². The van der Waals surface area contributed by atoms with Crippen LogP contribution in [0.2, 0.25) is 0 Å². The van der Waals surface area contributed by atoms with Crippen LogP contribution in [0.5, 0.6) is 0 Å². The van der Waals surface area contributed by atoms with Crippen LogP contribution >= 0.6 is 23.1 Å². The number of furan rings is 1. The maximum absolute atomic E-state index is 11.4. The maximum atomic E-state index is 11.4. The lowest BCUT2D eigenvalue weighted by molar-refractivity contribution is 0.0563. The molecule has 0 radical (unpaired) electrons. The summed E-state index contributed by atoms with van der Waals surface area (Å²) in [4.78, 5) is 15.8. The third kappa shape index (κ3) is 3.85. The van der Waals surface area contributed by atoms with E-state index in [4.69, 9.17) is 8.83 Å². The minimum atomic E-state index is -0.503. The largest absolute Gasteiger partial charge is 0.463 e. The fourth-order valence-corrected chi connectivity index (χ4v) is 3.38. The molecule has 0 amide bonds. The average Bonchev–Trinajstić information content (AvgIpc) is 3.28. The van der Waals surface area contributed by atoms with Gasteiger partial charge in [0.2, 0.25) is 11.7 Å². The molecule has 9 heteroatoms. The molecule has 0 saturated carbocycles. The highest BCUT2D eigenvalue weighted by Crippen LogP contribution is 2.35. The molecule has 3 aromatic heterocycles. The SMILES string of the molecule is COC(=O)c1ccc(C(C)Sc2nnc(Cc3csc(C)n3)o2)o1. The summed E-state index contributed by atoms with van der Waals surface area (Å²) < 4.78 is 15.7. The van der Waals surface area contributed by atoms with Crippen LogP contribution in [-0.2, 0) is 11.2 Å². The Morgan fingerprint density at radius 2 is 2.21 bits per heavy atom. The molecule has 3 heterocycles. The number of carbonyl (C=O) groups is 1. The molecule has 24 heavy (non-hydrogen) atoms. The number of aryl methyl sites for hydroxylation is 1. The third-order valence-corrected chi connectivity index (χ3v) is 4.91. The Labute approximate surface area is 146 Å². The molecule has 126 valence electrons. The number of aromatic nitrogens is 3.